The largest absolute Gasteiger partial charge is 0.479 e. The summed E-state index contributed by atoms with van der Waals surface area (Å²) in [7, 11) is 0. The molecule has 6 heteroatoms. The molecule has 0 amide bonds. The van der Waals surface area contributed by atoms with Crippen LogP contribution in [0.4, 0.5) is 0 Å². The number of carboxylic acids is 1. The zero-order valence-electron chi connectivity index (χ0n) is 20.1. The lowest BCUT2D eigenvalue weighted by Gasteiger charge is -2.08. The molecule has 1 N–H and O–H groups in total. The maximum atomic E-state index is 13.4. The van der Waals surface area contributed by atoms with Crippen LogP contribution in [0.1, 0.15) is 45.2 Å². The van der Waals surface area contributed by atoms with Gasteiger partial charge in [-0.15, -0.1) is 0 Å². The summed E-state index contributed by atoms with van der Waals surface area (Å²) >= 11 is 0. The molecule has 0 spiro atoms. The molecule has 0 aliphatic heterocycles. The fraction of sp³-hybridized carbons (Fsp3) is 0.207. The van der Waals surface area contributed by atoms with Crippen LogP contribution in [0.3, 0.4) is 0 Å². The number of carbonyl (C=O) groups is 2. The summed E-state index contributed by atoms with van der Waals surface area (Å²) in [6.07, 6.45) is 4.96. The molecule has 4 aromatic rings. The van der Waals surface area contributed by atoms with E-state index in [9.17, 15) is 9.59 Å². The van der Waals surface area contributed by atoms with Gasteiger partial charge in [0.1, 0.15) is 5.65 Å². The average molecular weight is 469 g/mol. The maximum Gasteiger partial charge on any atom is 0.332 e. The van der Waals surface area contributed by atoms with Gasteiger partial charge in [-0.3, -0.25) is 4.79 Å². The second-order valence-corrected chi connectivity index (χ2v) is 8.58. The molecule has 4 rings (SSSR count). The van der Waals surface area contributed by atoms with Crippen molar-refractivity contribution in [2.75, 3.05) is 0 Å². The van der Waals surface area contributed by atoms with Gasteiger partial charge < -0.3 is 14.4 Å². The summed E-state index contributed by atoms with van der Waals surface area (Å²) in [6, 6.07) is 19.2. The highest BCUT2D eigenvalue weighted by Crippen LogP contribution is 2.27. The number of aliphatic carboxylic acids is 1. The fourth-order valence-corrected chi connectivity index (χ4v) is 3.97. The predicted molar refractivity (Wildman–Crippen MR) is 136 cm³/mol. The van der Waals surface area contributed by atoms with Gasteiger partial charge in [-0.25, -0.2) is 9.78 Å². The van der Waals surface area contributed by atoms with Crippen molar-refractivity contribution in [3.05, 3.63) is 106 Å². The number of aromatic nitrogens is 2. The first-order chi connectivity index (χ1) is 16.8. The zero-order chi connectivity index (χ0) is 24.9. The molecule has 0 aliphatic carbocycles. The Hall–Kier alpha value is -4.03. The number of ketones is 1. The smallest absolute Gasteiger partial charge is 0.332 e. The van der Waals surface area contributed by atoms with Gasteiger partial charge in [0.05, 0.1) is 12.2 Å². The van der Waals surface area contributed by atoms with Crippen LogP contribution in [0.5, 0.6) is 0 Å². The van der Waals surface area contributed by atoms with Crippen LogP contribution < -0.4 is 0 Å². The van der Waals surface area contributed by atoms with Gasteiger partial charge in [-0.05, 0) is 44.0 Å². The average Bonchev–Trinajstić information content (AvgIpc) is 3.14. The number of rotatable bonds is 9. The van der Waals surface area contributed by atoms with Gasteiger partial charge in [-0.2, -0.15) is 0 Å². The van der Waals surface area contributed by atoms with E-state index in [0.29, 0.717) is 17.7 Å². The van der Waals surface area contributed by atoms with E-state index in [4.69, 9.17) is 9.84 Å². The standard InChI is InChI=1S/C29H28N2O4/c1-19-8-14-24(15-9-19)27(32)26-20(2)31(28-25(26)7-4-16-30-28)17-5-6-22-10-12-23(13-11-22)18-35-21(3)29(33)34/h4-16,21H,17-18H2,1-3H3,(H,33,34)/t21-/m1/s1. The number of hydrogen-bond acceptors (Lipinski definition) is 4. The maximum absolute atomic E-state index is 13.4. The molecule has 0 saturated heterocycles. The molecule has 35 heavy (non-hydrogen) atoms. The summed E-state index contributed by atoms with van der Waals surface area (Å²) in [4.78, 5) is 28.8. The minimum atomic E-state index is -0.976. The van der Waals surface area contributed by atoms with Crippen LogP contribution in [0.15, 0.2) is 72.9 Å². The van der Waals surface area contributed by atoms with E-state index in [0.717, 1.165) is 33.4 Å². The van der Waals surface area contributed by atoms with Crippen LogP contribution >= 0.6 is 0 Å². The monoisotopic (exact) mass is 468 g/mol. The van der Waals surface area contributed by atoms with Gasteiger partial charge >= 0.3 is 5.97 Å². The number of aryl methyl sites for hydroxylation is 1. The summed E-state index contributed by atoms with van der Waals surface area (Å²) in [5.41, 5.74) is 6.05. The van der Waals surface area contributed by atoms with E-state index in [-0.39, 0.29) is 12.4 Å². The second kappa shape index (κ2) is 10.5. The van der Waals surface area contributed by atoms with Crippen molar-refractivity contribution in [3.8, 4) is 0 Å². The van der Waals surface area contributed by atoms with E-state index in [1.807, 2.05) is 86.7 Å². The number of benzene rings is 2. The number of ether oxygens (including phenoxy) is 1. The Morgan fingerprint density at radius 3 is 2.46 bits per heavy atom. The first-order valence-electron chi connectivity index (χ1n) is 11.5. The predicted octanol–water partition coefficient (Wildman–Crippen LogP) is 5.59. The van der Waals surface area contributed by atoms with E-state index in [1.165, 1.54) is 6.92 Å². The van der Waals surface area contributed by atoms with Crippen molar-refractivity contribution >= 4 is 28.9 Å². The van der Waals surface area contributed by atoms with Crippen molar-refractivity contribution in [1.82, 2.24) is 9.55 Å². The highest BCUT2D eigenvalue weighted by Gasteiger charge is 2.21. The third kappa shape index (κ3) is 5.39. The van der Waals surface area contributed by atoms with Gasteiger partial charge in [0.15, 0.2) is 11.9 Å². The Kier molecular flexibility index (Phi) is 7.22. The Morgan fingerprint density at radius 1 is 1.06 bits per heavy atom. The van der Waals surface area contributed by atoms with Gasteiger partial charge in [0.25, 0.3) is 0 Å². The van der Waals surface area contributed by atoms with Crippen molar-refractivity contribution < 1.29 is 19.4 Å². The number of hydrogen-bond donors (Lipinski definition) is 1. The van der Waals surface area contributed by atoms with Gasteiger partial charge in [-0.1, -0.05) is 66.2 Å². The third-order valence-electron chi connectivity index (χ3n) is 6.04. The minimum Gasteiger partial charge on any atom is -0.479 e. The second-order valence-electron chi connectivity index (χ2n) is 8.58. The molecule has 0 aliphatic rings. The SMILES string of the molecule is Cc1ccc(C(=O)c2c(C)n(CC=Cc3ccc(CO[C@H](C)C(=O)O)cc3)c3ncccc23)cc1. The number of carboxylic acid groups (broad SMARTS) is 1. The lowest BCUT2D eigenvalue weighted by molar-refractivity contribution is -0.149. The number of allylic oxidation sites excluding steroid dienone is 1. The van der Waals surface area contributed by atoms with E-state index < -0.39 is 12.1 Å². The Bertz CT molecular complexity index is 1380. The third-order valence-corrected chi connectivity index (χ3v) is 6.04. The highest BCUT2D eigenvalue weighted by molar-refractivity contribution is 6.17. The van der Waals surface area contributed by atoms with Crippen LogP contribution in [0.25, 0.3) is 17.1 Å². The van der Waals surface area contributed by atoms with Crippen molar-refractivity contribution in [2.45, 2.75) is 40.0 Å². The van der Waals surface area contributed by atoms with E-state index >= 15 is 0 Å². The zero-order valence-corrected chi connectivity index (χ0v) is 20.1. The number of fused-ring (bicyclic) bond motifs is 1. The van der Waals surface area contributed by atoms with Crippen LogP contribution in [0.2, 0.25) is 0 Å². The molecular weight excluding hydrogens is 440 g/mol. The van der Waals surface area contributed by atoms with E-state index in [1.54, 1.807) is 6.20 Å². The molecular formula is C29H28N2O4. The molecule has 0 unspecified atom stereocenters. The first-order valence-corrected chi connectivity index (χ1v) is 11.5. The molecule has 2 heterocycles. The van der Waals surface area contributed by atoms with Crippen LogP contribution in [-0.4, -0.2) is 32.5 Å². The molecule has 0 bridgehead atoms. The summed E-state index contributed by atoms with van der Waals surface area (Å²) < 4.78 is 7.38. The van der Waals surface area contributed by atoms with Gasteiger partial charge in [0.2, 0.25) is 0 Å². The number of nitrogens with zero attached hydrogens (tertiary/aromatic N) is 2. The fourth-order valence-electron chi connectivity index (χ4n) is 3.97. The molecule has 6 nitrogen and oxygen atoms in total. The minimum absolute atomic E-state index is 0.00162. The lowest BCUT2D eigenvalue weighted by atomic mass is 10.0. The first kappa shape index (κ1) is 24.1. The highest BCUT2D eigenvalue weighted by atomic mass is 16.5. The Labute approximate surface area is 204 Å². The van der Waals surface area contributed by atoms with Crippen molar-refractivity contribution in [1.29, 1.82) is 0 Å². The molecule has 0 fully saturated rings. The lowest BCUT2D eigenvalue weighted by Crippen LogP contribution is -2.19. The summed E-state index contributed by atoms with van der Waals surface area (Å²) in [5.74, 6) is -0.978. The topological polar surface area (TPSA) is 81.4 Å². The molecule has 0 radical (unpaired) electrons. The molecule has 1 atom stereocenters. The summed E-state index contributed by atoms with van der Waals surface area (Å²) in [5, 5.41) is 9.77. The Balaban J connectivity index is 1.53. The molecule has 0 saturated carbocycles. The summed E-state index contributed by atoms with van der Waals surface area (Å²) in [6.45, 7) is 6.30. The van der Waals surface area contributed by atoms with Gasteiger partial charge in [0, 0.05) is 29.4 Å². The Morgan fingerprint density at radius 2 is 1.77 bits per heavy atom. The normalized spacial score (nSPS) is 12.3. The van der Waals surface area contributed by atoms with E-state index in [2.05, 4.69) is 9.55 Å². The quantitative estimate of drug-likeness (QED) is 0.324. The van der Waals surface area contributed by atoms with Crippen LogP contribution in [0, 0.1) is 13.8 Å². The van der Waals surface area contributed by atoms with Crippen molar-refractivity contribution in [2.24, 2.45) is 0 Å². The molecule has 178 valence electrons. The number of carbonyl (C=O) groups excluding carboxylic acids is 1. The molecule has 2 aromatic carbocycles. The van der Waals surface area contributed by atoms with Crippen molar-refractivity contribution in [3.63, 3.8) is 0 Å². The molecule has 2 aromatic heterocycles. The van der Waals surface area contributed by atoms with Crippen LogP contribution in [-0.2, 0) is 22.7 Å². The number of pyridine rings is 1.